The highest BCUT2D eigenvalue weighted by atomic mass is 35.5. The fourth-order valence-corrected chi connectivity index (χ4v) is 8.67. The number of methoxy groups -OCH3 is 1. The Balaban J connectivity index is 1.52. The zero-order valence-electron chi connectivity index (χ0n) is 33.0. The molecule has 6 rings (SSSR count). The summed E-state index contributed by atoms with van der Waals surface area (Å²) in [6, 6.07) is 15.2. The monoisotopic (exact) mass is 801 g/mol. The lowest BCUT2D eigenvalue weighted by Gasteiger charge is -2.35. The molecule has 2 N–H and O–H groups in total. The number of aromatic carboxylic acids is 1. The van der Waals surface area contributed by atoms with Gasteiger partial charge in [0.1, 0.15) is 29.5 Å². The van der Waals surface area contributed by atoms with Gasteiger partial charge in [-0.25, -0.2) is 4.79 Å². The number of carbonyl (C=O) groups is 2. The summed E-state index contributed by atoms with van der Waals surface area (Å²) in [6.07, 6.45) is 1.76. The highest BCUT2D eigenvalue weighted by Gasteiger charge is 2.39. The SMILES string of the molecule is CCC(C#N)C(CNC)c1c(Cl)ccc2c(CCCOc3cc(C)c(Cl)c(C)c3)c3n(c12)[C@H](C)CN(c1cc(OCCOC)cc2cc(C(=O)O)n(C)c12)C3=O. The predicted octanol–water partition coefficient (Wildman–Crippen LogP) is 8.87. The molecule has 1 amide bonds. The Morgan fingerprint density at radius 2 is 1.75 bits per heavy atom. The molecule has 0 aliphatic carbocycles. The van der Waals surface area contributed by atoms with Crippen LogP contribution in [0.1, 0.15) is 81.9 Å². The zero-order chi connectivity index (χ0) is 40.4. The Labute approximate surface area is 337 Å². The fraction of sp³-hybridized carbons (Fsp3) is 0.419. The molecule has 0 bridgehead atoms. The third kappa shape index (κ3) is 7.55. The summed E-state index contributed by atoms with van der Waals surface area (Å²) in [5.41, 5.74) is 6.21. The quantitative estimate of drug-likeness (QED) is 0.0947. The van der Waals surface area contributed by atoms with Crippen LogP contribution in [0.4, 0.5) is 5.69 Å². The molecule has 56 heavy (non-hydrogen) atoms. The number of hydrogen-bond donors (Lipinski definition) is 2. The first-order valence-electron chi connectivity index (χ1n) is 19.0. The summed E-state index contributed by atoms with van der Waals surface area (Å²) < 4.78 is 21.2. The highest BCUT2D eigenvalue weighted by Crippen LogP contribution is 2.45. The van der Waals surface area contributed by atoms with Crippen molar-refractivity contribution in [2.75, 3.05) is 52.0 Å². The molecule has 1 aliphatic heterocycles. The molecule has 2 aromatic heterocycles. The summed E-state index contributed by atoms with van der Waals surface area (Å²) >= 11 is 13.5. The lowest BCUT2D eigenvalue weighted by Crippen LogP contribution is -2.43. The highest BCUT2D eigenvalue weighted by molar-refractivity contribution is 6.33. The zero-order valence-corrected chi connectivity index (χ0v) is 34.5. The Kier molecular flexibility index (Phi) is 12.6. The smallest absolute Gasteiger partial charge is 0.352 e. The van der Waals surface area contributed by atoms with Gasteiger partial charge in [-0.15, -0.1) is 0 Å². The Morgan fingerprint density at radius 1 is 1.05 bits per heavy atom. The first-order chi connectivity index (χ1) is 26.9. The van der Waals surface area contributed by atoms with Gasteiger partial charge in [0.05, 0.1) is 41.9 Å². The molecule has 0 spiro atoms. The topological polar surface area (TPSA) is 131 Å². The number of anilines is 1. The van der Waals surface area contributed by atoms with Gasteiger partial charge in [0.15, 0.2) is 0 Å². The molecule has 2 unspecified atom stereocenters. The van der Waals surface area contributed by atoms with Crippen LogP contribution >= 0.6 is 23.2 Å². The van der Waals surface area contributed by atoms with Gasteiger partial charge in [0, 0.05) is 71.7 Å². The number of aryl methyl sites for hydroxylation is 4. The molecule has 13 heteroatoms. The molecule has 0 radical (unpaired) electrons. The van der Waals surface area contributed by atoms with E-state index in [1.807, 2.05) is 52.1 Å². The van der Waals surface area contributed by atoms with Crippen LogP contribution < -0.4 is 19.7 Å². The standard InChI is InChI=1S/C43H49Cl2N5O6/c1-8-27(21-46)33(22-47-5)37-34(44)12-11-32-31(10-9-13-55-29-16-24(2)38(45)25(3)17-29)41-42(51)49(23-26(4)50(41)40(32)37)35-20-30(56-15-14-54-7)18-28-19-36(43(52)53)48(6)39(28)35/h11-12,16-20,26-27,33,47H,8-10,13-15,22-23H2,1-7H3,(H,52,53)/t26-,27?,33?/m1/s1. The average Bonchev–Trinajstić information content (AvgIpc) is 3.69. The number of carbonyl (C=O) groups excluding carboxylic acids is 1. The molecule has 1 aliphatic rings. The maximum atomic E-state index is 15.3. The number of benzene rings is 3. The summed E-state index contributed by atoms with van der Waals surface area (Å²) in [5, 5.41) is 26.5. The number of ether oxygens (including phenoxy) is 3. The normalized spacial score (nSPS) is 15.2. The lowest BCUT2D eigenvalue weighted by molar-refractivity contribution is 0.0687. The van der Waals surface area contributed by atoms with Crippen LogP contribution in [-0.2, 0) is 18.2 Å². The van der Waals surface area contributed by atoms with Crippen molar-refractivity contribution in [2.24, 2.45) is 13.0 Å². The van der Waals surface area contributed by atoms with E-state index < -0.39 is 5.97 Å². The summed E-state index contributed by atoms with van der Waals surface area (Å²) in [7, 11) is 5.15. The van der Waals surface area contributed by atoms with Gasteiger partial charge < -0.3 is 38.7 Å². The number of nitrogens with one attached hydrogen (secondary N) is 1. The van der Waals surface area contributed by atoms with Crippen LogP contribution in [0.2, 0.25) is 10.0 Å². The van der Waals surface area contributed by atoms with Crippen molar-refractivity contribution in [3.63, 3.8) is 0 Å². The van der Waals surface area contributed by atoms with E-state index in [9.17, 15) is 15.2 Å². The number of rotatable bonds is 16. The fourth-order valence-electron chi connectivity index (χ4n) is 8.27. The maximum absolute atomic E-state index is 15.3. The van der Waals surface area contributed by atoms with Gasteiger partial charge in [-0.1, -0.05) is 36.2 Å². The van der Waals surface area contributed by atoms with Crippen LogP contribution in [0.5, 0.6) is 11.5 Å². The van der Waals surface area contributed by atoms with Crippen LogP contribution in [0, 0.1) is 31.1 Å². The summed E-state index contributed by atoms with van der Waals surface area (Å²) in [6.45, 7) is 9.83. The number of nitriles is 1. The number of carboxylic acids is 1. The Hall–Kier alpha value is -4.73. The average molecular weight is 803 g/mol. The second-order valence-electron chi connectivity index (χ2n) is 14.6. The van der Waals surface area contributed by atoms with Gasteiger partial charge in [-0.05, 0) is 94.1 Å². The van der Waals surface area contributed by atoms with Crippen LogP contribution in [0.25, 0.3) is 21.8 Å². The third-order valence-electron chi connectivity index (χ3n) is 10.9. The predicted molar refractivity (Wildman–Crippen MR) is 221 cm³/mol. The molecule has 3 heterocycles. The Bertz CT molecular complexity index is 2320. The van der Waals surface area contributed by atoms with Crippen molar-refractivity contribution in [2.45, 2.75) is 58.9 Å². The van der Waals surface area contributed by atoms with Crippen molar-refractivity contribution >= 4 is 62.6 Å². The number of hydrogen-bond acceptors (Lipinski definition) is 7. The van der Waals surface area contributed by atoms with E-state index in [1.54, 1.807) is 41.8 Å². The molecule has 0 fully saturated rings. The molecule has 0 saturated carbocycles. The van der Waals surface area contributed by atoms with Crippen LogP contribution in [0.3, 0.4) is 0 Å². The van der Waals surface area contributed by atoms with E-state index in [2.05, 4.69) is 22.9 Å². The van der Waals surface area contributed by atoms with Crippen molar-refractivity contribution < 1.29 is 28.9 Å². The number of carboxylic acid groups (broad SMARTS) is 1. The molecule has 5 aromatic rings. The molecular formula is C43H49Cl2N5O6. The first kappa shape index (κ1) is 40.9. The number of likely N-dealkylation sites (N-methyl/N-ethyl adjacent to an activating group) is 1. The largest absolute Gasteiger partial charge is 0.494 e. The number of nitrogens with zero attached hydrogens (tertiary/aromatic N) is 4. The summed E-state index contributed by atoms with van der Waals surface area (Å²) in [5.74, 6) is -0.638. The second kappa shape index (κ2) is 17.2. The van der Waals surface area contributed by atoms with E-state index in [0.29, 0.717) is 77.1 Å². The lowest BCUT2D eigenvalue weighted by atomic mass is 9.83. The van der Waals surface area contributed by atoms with E-state index in [0.717, 1.165) is 38.9 Å². The van der Waals surface area contributed by atoms with Crippen LogP contribution in [0.15, 0.2) is 42.5 Å². The van der Waals surface area contributed by atoms with Gasteiger partial charge in [-0.2, -0.15) is 5.26 Å². The van der Waals surface area contributed by atoms with Gasteiger partial charge >= 0.3 is 5.97 Å². The van der Waals surface area contributed by atoms with Gasteiger partial charge in [-0.3, -0.25) is 4.79 Å². The van der Waals surface area contributed by atoms with E-state index in [4.69, 9.17) is 37.4 Å². The molecule has 11 nitrogen and oxygen atoms in total. The van der Waals surface area contributed by atoms with E-state index in [-0.39, 0.29) is 42.6 Å². The van der Waals surface area contributed by atoms with Crippen LogP contribution in [-0.4, -0.2) is 73.2 Å². The molecule has 296 valence electrons. The van der Waals surface area contributed by atoms with E-state index in [1.165, 1.54) is 0 Å². The third-order valence-corrected chi connectivity index (χ3v) is 11.8. The maximum Gasteiger partial charge on any atom is 0.352 e. The Morgan fingerprint density at radius 3 is 2.39 bits per heavy atom. The van der Waals surface area contributed by atoms with Gasteiger partial charge in [0.2, 0.25) is 0 Å². The van der Waals surface area contributed by atoms with Crippen molar-refractivity contribution in [3.05, 3.63) is 86.2 Å². The molecule has 0 saturated heterocycles. The van der Waals surface area contributed by atoms with Gasteiger partial charge in [0.25, 0.3) is 5.91 Å². The number of amides is 1. The minimum Gasteiger partial charge on any atom is -0.494 e. The van der Waals surface area contributed by atoms with Crippen molar-refractivity contribution in [1.29, 1.82) is 5.26 Å². The second-order valence-corrected chi connectivity index (χ2v) is 15.4. The minimum absolute atomic E-state index is 0.0894. The van der Waals surface area contributed by atoms with Crippen molar-refractivity contribution in [3.8, 4) is 17.6 Å². The first-order valence-corrected chi connectivity index (χ1v) is 19.7. The number of halogens is 2. The van der Waals surface area contributed by atoms with E-state index >= 15 is 4.79 Å². The molecular weight excluding hydrogens is 753 g/mol. The number of fused-ring (bicyclic) bond motifs is 4. The summed E-state index contributed by atoms with van der Waals surface area (Å²) in [4.78, 5) is 29.3. The van der Waals surface area contributed by atoms with Crippen molar-refractivity contribution in [1.82, 2.24) is 14.5 Å². The molecule has 3 aromatic carbocycles. The minimum atomic E-state index is -1.08. The molecule has 3 atom stereocenters. The number of aromatic nitrogens is 2.